The fraction of sp³-hybridized carbons (Fsp3) is 0.100. The lowest BCUT2D eigenvalue weighted by molar-refractivity contribution is 0.281. The summed E-state index contributed by atoms with van der Waals surface area (Å²) in [6.07, 6.45) is 2.55. The van der Waals surface area contributed by atoms with Crippen LogP contribution in [0.4, 0.5) is 20.4 Å². The summed E-state index contributed by atoms with van der Waals surface area (Å²) in [5.74, 6) is 2.61. The lowest BCUT2D eigenvalue weighted by atomic mass is 10.1. The van der Waals surface area contributed by atoms with Gasteiger partial charge in [-0.25, -0.2) is 27.2 Å². The lowest BCUT2D eigenvalue weighted by Gasteiger charge is -2.13. The van der Waals surface area contributed by atoms with Crippen molar-refractivity contribution in [2.45, 2.75) is 11.5 Å². The number of nitrogens with two attached hydrogens (primary N) is 1. The number of rotatable bonds is 5. The molecule has 31 heavy (non-hydrogen) atoms. The van der Waals surface area contributed by atoms with Crippen LogP contribution in [0.1, 0.15) is 16.7 Å². The normalized spacial score (nSPS) is 10.8. The average molecular weight is 446 g/mol. The molecule has 3 aromatic rings. The summed E-state index contributed by atoms with van der Waals surface area (Å²) < 4.78 is 61.8. The highest BCUT2D eigenvalue weighted by molar-refractivity contribution is 7.92. The molecule has 0 aliphatic carbocycles. The second kappa shape index (κ2) is 8.95. The Morgan fingerprint density at radius 2 is 1.87 bits per heavy atom. The van der Waals surface area contributed by atoms with Gasteiger partial charge in [0.1, 0.15) is 16.5 Å². The molecule has 0 aliphatic heterocycles. The van der Waals surface area contributed by atoms with E-state index >= 15 is 0 Å². The molecule has 4 N–H and O–H groups in total. The van der Waals surface area contributed by atoms with E-state index in [-0.39, 0.29) is 22.2 Å². The Hall–Kier alpha value is -3.75. The maximum absolute atomic E-state index is 14.9. The zero-order chi connectivity index (χ0) is 22.6. The molecule has 0 amide bonds. The molecule has 1 aromatic heterocycles. The summed E-state index contributed by atoms with van der Waals surface area (Å²) in [7, 11) is -3.08. The minimum absolute atomic E-state index is 0.0139. The number of aromatic nitrogens is 2. The molecule has 0 unspecified atom stereocenters. The molecule has 2 aromatic carbocycles. The Labute approximate surface area is 176 Å². The lowest BCUT2D eigenvalue weighted by Crippen LogP contribution is -2.16. The fourth-order valence-electron chi connectivity index (χ4n) is 2.51. The highest BCUT2D eigenvalue weighted by atomic mass is 32.2. The molecule has 0 spiro atoms. The third-order valence-electron chi connectivity index (χ3n) is 4.04. The number of ether oxygens (including phenoxy) is 1. The summed E-state index contributed by atoms with van der Waals surface area (Å²) in [4.78, 5) is 7.12. The Kier molecular flexibility index (Phi) is 6.33. The van der Waals surface area contributed by atoms with Crippen molar-refractivity contribution in [3.63, 3.8) is 0 Å². The number of nitrogen functional groups attached to an aromatic ring is 1. The van der Waals surface area contributed by atoms with Gasteiger partial charge in [-0.3, -0.25) is 4.72 Å². The van der Waals surface area contributed by atoms with Gasteiger partial charge >= 0.3 is 0 Å². The maximum atomic E-state index is 14.9. The van der Waals surface area contributed by atoms with Gasteiger partial charge in [-0.2, -0.15) is 0 Å². The monoisotopic (exact) mass is 446 g/mol. The molecule has 8 nitrogen and oxygen atoms in total. The molecule has 160 valence electrons. The third-order valence-corrected chi connectivity index (χ3v) is 5.43. The highest BCUT2D eigenvalue weighted by Crippen LogP contribution is 2.29. The van der Waals surface area contributed by atoms with E-state index in [9.17, 15) is 22.3 Å². The van der Waals surface area contributed by atoms with E-state index in [0.29, 0.717) is 5.56 Å². The number of hydrogen-bond donors (Lipinski definition) is 3. The molecule has 0 saturated heterocycles. The molecular weight excluding hydrogens is 430 g/mol. The minimum atomic E-state index is -4.34. The van der Waals surface area contributed by atoms with E-state index in [2.05, 4.69) is 26.5 Å². The summed E-state index contributed by atoms with van der Waals surface area (Å²) in [5.41, 5.74) is 4.76. The molecule has 0 saturated carbocycles. The third kappa shape index (κ3) is 4.88. The average Bonchev–Trinajstić information content (AvgIpc) is 2.76. The number of nitrogens with one attached hydrogen (secondary N) is 1. The number of nitrogens with zero attached hydrogens (tertiary/aromatic N) is 2. The number of methoxy groups -OCH3 is 1. The first-order valence-electron chi connectivity index (χ1n) is 8.63. The number of halogens is 2. The fourth-order valence-corrected chi connectivity index (χ4v) is 3.79. The largest absolute Gasteiger partial charge is 0.495 e. The van der Waals surface area contributed by atoms with E-state index in [0.717, 1.165) is 12.1 Å². The van der Waals surface area contributed by atoms with Gasteiger partial charge in [0, 0.05) is 12.4 Å². The van der Waals surface area contributed by atoms with Gasteiger partial charge in [-0.1, -0.05) is 17.9 Å². The Morgan fingerprint density at radius 3 is 2.52 bits per heavy atom. The van der Waals surface area contributed by atoms with Crippen LogP contribution in [0.15, 0.2) is 47.6 Å². The Morgan fingerprint density at radius 1 is 1.16 bits per heavy atom. The van der Waals surface area contributed by atoms with Crippen molar-refractivity contribution in [2.24, 2.45) is 0 Å². The number of aliphatic hydroxyl groups is 1. The minimum Gasteiger partial charge on any atom is -0.495 e. The summed E-state index contributed by atoms with van der Waals surface area (Å²) in [6.45, 7) is -0.411. The number of sulfonamides is 1. The first-order chi connectivity index (χ1) is 14.7. The SMILES string of the molecule is COc1ccc(CO)cc1S(=O)(=O)Nc1ccc(F)c(C#Cc2cnc(N)nc2)c1F. The molecule has 0 aliphatic rings. The van der Waals surface area contributed by atoms with Crippen LogP contribution >= 0.6 is 0 Å². The first-order valence-corrected chi connectivity index (χ1v) is 10.1. The molecule has 0 bridgehead atoms. The van der Waals surface area contributed by atoms with Gasteiger partial charge in [-0.15, -0.1) is 0 Å². The highest BCUT2D eigenvalue weighted by Gasteiger charge is 2.23. The summed E-state index contributed by atoms with van der Waals surface area (Å²) >= 11 is 0. The number of benzene rings is 2. The van der Waals surface area contributed by atoms with Crippen molar-refractivity contribution in [3.05, 3.63) is 71.1 Å². The number of hydrogen-bond acceptors (Lipinski definition) is 7. The van der Waals surface area contributed by atoms with Crippen molar-refractivity contribution in [2.75, 3.05) is 17.6 Å². The van der Waals surface area contributed by atoms with Crippen molar-refractivity contribution in [1.29, 1.82) is 0 Å². The molecular formula is C20H16F2N4O4S. The Bertz CT molecular complexity index is 1290. The molecule has 0 fully saturated rings. The predicted octanol–water partition coefficient (Wildman–Crippen LogP) is 2.04. The number of aliphatic hydroxyl groups excluding tert-OH is 1. The van der Waals surface area contributed by atoms with Gasteiger partial charge in [0.15, 0.2) is 5.82 Å². The van der Waals surface area contributed by atoms with E-state index in [4.69, 9.17) is 10.5 Å². The summed E-state index contributed by atoms with van der Waals surface area (Å²) in [6, 6.07) is 5.83. The molecule has 0 atom stereocenters. The zero-order valence-corrected chi connectivity index (χ0v) is 16.9. The van der Waals surface area contributed by atoms with Gasteiger partial charge < -0.3 is 15.6 Å². The quantitative estimate of drug-likeness (QED) is 0.512. The topological polar surface area (TPSA) is 127 Å². The molecule has 0 radical (unpaired) electrons. The van der Waals surface area contributed by atoms with E-state index < -0.39 is 39.5 Å². The van der Waals surface area contributed by atoms with Crippen LogP contribution in [0.3, 0.4) is 0 Å². The van der Waals surface area contributed by atoms with Crippen molar-refractivity contribution < 1.29 is 27.0 Å². The van der Waals surface area contributed by atoms with Gasteiger partial charge in [-0.05, 0) is 29.8 Å². The second-order valence-electron chi connectivity index (χ2n) is 6.11. The van der Waals surface area contributed by atoms with E-state index in [1.54, 1.807) is 0 Å². The van der Waals surface area contributed by atoms with Crippen molar-refractivity contribution in [1.82, 2.24) is 9.97 Å². The van der Waals surface area contributed by atoms with Crippen LogP contribution in [0.5, 0.6) is 5.75 Å². The predicted molar refractivity (Wildman–Crippen MR) is 109 cm³/mol. The Balaban J connectivity index is 2.00. The van der Waals surface area contributed by atoms with E-state index in [1.165, 1.54) is 37.7 Å². The maximum Gasteiger partial charge on any atom is 0.265 e. The van der Waals surface area contributed by atoms with Crippen LogP contribution in [-0.2, 0) is 16.6 Å². The van der Waals surface area contributed by atoms with Crippen molar-refractivity contribution >= 4 is 21.7 Å². The summed E-state index contributed by atoms with van der Waals surface area (Å²) in [5, 5.41) is 9.27. The molecule has 1 heterocycles. The van der Waals surface area contributed by atoms with Crippen LogP contribution in [-0.4, -0.2) is 30.6 Å². The van der Waals surface area contributed by atoms with Crippen LogP contribution in [0.25, 0.3) is 0 Å². The van der Waals surface area contributed by atoms with Gasteiger partial charge in [0.2, 0.25) is 5.95 Å². The van der Waals surface area contributed by atoms with Gasteiger partial charge in [0.25, 0.3) is 10.0 Å². The smallest absolute Gasteiger partial charge is 0.265 e. The van der Waals surface area contributed by atoms with Crippen LogP contribution < -0.4 is 15.2 Å². The molecule has 11 heteroatoms. The standard InChI is InChI=1S/C20H16F2N4O4S/c1-30-17-7-3-12(11-27)8-18(17)31(28,29)26-16-6-5-15(21)14(19(16)22)4-2-13-9-24-20(23)25-10-13/h3,5-10,26-27H,11H2,1H3,(H2,23,24,25). The molecule has 3 rings (SSSR count). The zero-order valence-electron chi connectivity index (χ0n) is 16.1. The number of anilines is 2. The van der Waals surface area contributed by atoms with Gasteiger partial charge in [0.05, 0.1) is 30.5 Å². The van der Waals surface area contributed by atoms with Crippen molar-refractivity contribution in [3.8, 4) is 17.6 Å². The van der Waals surface area contributed by atoms with E-state index in [1.807, 2.05) is 0 Å². The first kappa shape index (κ1) is 21.9. The van der Waals surface area contributed by atoms with Crippen LogP contribution in [0, 0.1) is 23.5 Å². The van der Waals surface area contributed by atoms with Crippen LogP contribution in [0.2, 0.25) is 0 Å². The second-order valence-corrected chi connectivity index (χ2v) is 7.76.